The summed E-state index contributed by atoms with van der Waals surface area (Å²) in [6, 6.07) is 6.16. The molecule has 0 fully saturated rings. The first-order valence-corrected chi connectivity index (χ1v) is 6.46. The highest BCUT2D eigenvalue weighted by Gasteiger charge is 2.42. The Morgan fingerprint density at radius 2 is 1.83 bits per heavy atom. The first-order chi connectivity index (χ1) is 8.37. The van der Waals surface area contributed by atoms with Gasteiger partial charge in [0.2, 0.25) is 0 Å². The second kappa shape index (κ2) is 5.66. The van der Waals surface area contributed by atoms with Gasteiger partial charge in [-0.25, -0.2) is 4.39 Å². The lowest BCUT2D eigenvalue weighted by molar-refractivity contribution is -0.0819. The van der Waals surface area contributed by atoms with E-state index in [0.717, 1.165) is 18.4 Å². The van der Waals surface area contributed by atoms with Crippen LogP contribution < -0.4 is 0 Å². The summed E-state index contributed by atoms with van der Waals surface area (Å²) in [4.78, 5) is 0. The number of hydrogen-bond acceptors (Lipinski definition) is 1. The number of benzene rings is 1. The van der Waals surface area contributed by atoms with Gasteiger partial charge in [-0.05, 0) is 42.4 Å². The van der Waals surface area contributed by atoms with Crippen molar-refractivity contribution in [2.45, 2.75) is 45.6 Å². The Morgan fingerprint density at radius 3 is 2.28 bits per heavy atom. The van der Waals surface area contributed by atoms with Crippen molar-refractivity contribution < 1.29 is 9.50 Å². The van der Waals surface area contributed by atoms with E-state index in [-0.39, 0.29) is 11.2 Å². The van der Waals surface area contributed by atoms with E-state index in [0.29, 0.717) is 6.42 Å². The summed E-state index contributed by atoms with van der Waals surface area (Å²) < 4.78 is 13.0. The Balaban J connectivity index is 3.19. The van der Waals surface area contributed by atoms with Crippen LogP contribution in [0, 0.1) is 11.2 Å². The Kier molecular flexibility index (Phi) is 4.69. The van der Waals surface area contributed by atoms with E-state index < -0.39 is 5.60 Å². The van der Waals surface area contributed by atoms with Crippen LogP contribution in [-0.2, 0) is 5.60 Å². The molecule has 0 spiro atoms. The predicted molar refractivity (Wildman–Crippen MR) is 73.8 cm³/mol. The van der Waals surface area contributed by atoms with E-state index in [2.05, 4.69) is 13.5 Å². The molecule has 1 nitrogen and oxygen atoms in total. The van der Waals surface area contributed by atoms with Gasteiger partial charge < -0.3 is 5.11 Å². The second-order valence-electron chi connectivity index (χ2n) is 5.43. The van der Waals surface area contributed by atoms with Crippen LogP contribution in [0.15, 0.2) is 36.9 Å². The minimum Gasteiger partial charge on any atom is -0.385 e. The van der Waals surface area contributed by atoms with Crippen LogP contribution >= 0.6 is 0 Å². The molecule has 100 valence electrons. The Labute approximate surface area is 109 Å². The van der Waals surface area contributed by atoms with Crippen LogP contribution in [0.25, 0.3) is 0 Å². The van der Waals surface area contributed by atoms with Gasteiger partial charge in [0.05, 0.1) is 5.60 Å². The fourth-order valence-corrected chi connectivity index (χ4v) is 2.20. The van der Waals surface area contributed by atoms with Crippen LogP contribution in [0.3, 0.4) is 0 Å². The summed E-state index contributed by atoms with van der Waals surface area (Å²) >= 11 is 0. The van der Waals surface area contributed by atoms with Crippen molar-refractivity contribution in [1.82, 2.24) is 0 Å². The highest BCUT2D eigenvalue weighted by atomic mass is 19.1. The molecule has 18 heavy (non-hydrogen) atoms. The zero-order chi connectivity index (χ0) is 13.8. The van der Waals surface area contributed by atoms with Crippen molar-refractivity contribution >= 4 is 0 Å². The van der Waals surface area contributed by atoms with Gasteiger partial charge in [-0.15, -0.1) is 6.58 Å². The molecule has 1 unspecified atom stereocenters. The molecule has 1 atom stereocenters. The van der Waals surface area contributed by atoms with E-state index in [9.17, 15) is 9.50 Å². The molecule has 0 aliphatic heterocycles. The zero-order valence-corrected chi connectivity index (χ0v) is 11.5. The van der Waals surface area contributed by atoms with Crippen molar-refractivity contribution in [3.8, 4) is 0 Å². The molecule has 0 amide bonds. The van der Waals surface area contributed by atoms with E-state index >= 15 is 0 Å². The number of rotatable bonds is 6. The number of hydrogen-bond donors (Lipinski definition) is 1. The van der Waals surface area contributed by atoms with E-state index in [1.54, 1.807) is 18.2 Å². The van der Waals surface area contributed by atoms with Crippen molar-refractivity contribution in [2.24, 2.45) is 5.41 Å². The van der Waals surface area contributed by atoms with Crippen molar-refractivity contribution in [3.63, 3.8) is 0 Å². The van der Waals surface area contributed by atoms with Crippen LogP contribution in [0.2, 0.25) is 0 Å². The lowest BCUT2D eigenvalue weighted by atomic mass is 9.67. The first kappa shape index (κ1) is 14.9. The molecule has 1 aromatic carbocycles. The lowest BCUT2D eigenvalue weighted by Crippen LogP contribution is -2.41. The quantitative estimate of drug-likeness (QED) is 0.741. The van der Waals surface area contributed by atoms with Crippen molar-refractivity contribution in [2.75, 3.05) is 0 Å². The Bertz CT molecular complexity index is 394. The van der Waals surface area contributed by atoms with Crippen molar-refractivity contribution in [1.29, 1.82) is 0 Å². The highest BCUT2D eigenvalue weighted by Crippen LogP contribution is 2.45. The molecule has 2 heteroatoms. The molecule has 1 aromatic rings. The summed E-state index contributed by atoms with van der Waals surface area (Å²) in [5.41, 5.74) is -0.449. The molecule has 0 heterocycles. The summed E-state index contributed by atoms with van der Waals surface area (Å²) in [5, 5.41) is 11.1. The van der Waals surface area contributed by atoms with Gasteiger partial charge >= 0.3 is 0 Å². The predicted octanol–water partition coefficient (Wildman–Crippen LogP) is 4.42. The monoisotopic (exact) mass is 250 g/mol. The Morgan fingerprint density at radius 1 is 1.28 bits per heavy atom. The number of aliphatic hydroxyl groups is 1. The van der Waals surface area contributed by atoms with E-state index in [1.165, 1.54) is 12.1 Å². The highest BCUT2D eigenvalue weighted by molar-refractivity contribution is 5.25. The van der Waals surface area contributed by atoms with E-state index in [4.69, 9.17) is 0 Å². The molecule has 0 bridgehead atoms. The number of allylic oxidation sites excluding steroid dienone is 1. The molecule has 1 N–H and O–H groups in total. The normalized spacial score (nSPS) is 15.2. The van der Waals surface area contributed by atoms with Gasteiger partial charge in [-0.3, -0.25) is 0 Å². The van der Waals surface area contributed by atoms with Gasteiger partial charge in [0.15, 0.2) is 0 Å². The summed E-state index contributed by atoms with van der Waals surface area (Å²) in [6.45, 7) is 9.85. The average molecular weight is 250 g/mol. The fourth-order valence-electron chi connectivity index (χ4n) is 2.20. The summed E-state index contributed by atoms with van der Waals surface area (Å²) in [5.74, 6) is -0.279. The molecule has 0 radical (unpaired) electrons. The maximum absolute atomic E-state index is 13.0. The van der Waals surface area contributed by atoms with Gasteiger partial charge in [0, 0.05) is 0 Å². The minimum atomic E-state index is -0.955. The van der Waals surface area contributed by atoms with Crippen LogP contribution in [0.5, 0.6) is 0 Å². The fraction of sp³-hybridized carbons (Fsp3) is 0.500. The maximum Gasteiger partial charge on any atom is 0.123 e. The smallest absolute Gasteiger partial charge is 0.123 e. The van der Waals surface area contributed by atoms with Gasteiger partial charge in [0.1, 0.15) is 5.82 Å². The van der Waals surface area contributed by atoms with Crippen molar-refractivity contribution in [3.05, 3.63) is 48.3 Å². The topological polar surface area (TPSA) is 20.2 Å². The zero-order valence-electron chi connectivity index (χ0n) is 11.5. The number of halogens is 1. The van der Waals surface area contributed by atoms with Gasteiger partial charge in [0.25, 0.3) is 0 Å². The molecular weight excluding hydrogens is 227 g/mol. The summed E-state index contributed by atoms with van der Waals surface area (Å²) in [7, 11) is 0. The molecule has 0 saturated heterocycles. The Hall–Kier alpha value is -1.15. The SMILES string of the molecule is C=CCCC(O)(c1ccc(F)cc1)C(C)(C)CC. The third kappa shape index (κ3) is 2.81. The molecule has 1 rings (SSSR count). The average Bonchev–Trinajstić information content (AvgIpc) is 2.36. The van der Waals surface area contributed by atoms with Crippen LogP contribution in [0.1, 0.15) is 45.6 Å². The largest absolute Gasteiger partial charge is 0.385 e. The molecule has 0 aromatic heterocycles. The van der Waals surface area contributed by atoms with Crippen LogP contribution in [-0.4, -0.2) is 5.11 Å². The molecule has 0 aliphatic rings. The molecular formula is C16H23FO. The van der Waals surface area contributed by atoms with Gasteiger partial charge in [-0.2, -0.15) is 0 Å². The standard InChI is InChI=1S/C16H23FO/c1-5-7-12-16(18,15(3,4)6-2)13-8-10-14(17)11-9-13/h5,8-11,18H,1,6-7,12H2,2-4H3. The third-order valence-electron chi connectivity index (χ3n) is 4.04. The maximum atomic E-state index is 13.0. The third-order valence-corrected chi connectivity index (χ3v) is 4.04. The lowest BCUT2D eigenvalue weighted by Gasteiger charge is -2.43. The summed E-state index contributed by atoms with van der Waals surface area (Å²) in [6.07, 6.45) is 3.98. The minimum absolute atomic E-state index is 0.270. The van der Waals surface area contributed by atoms with Gasteiger partial charge in [-0.1, -0.05) is 39.0 Å². The second-order valence-corrected chi connectivity index (χ2v) is 5.43. The molecule has 0 aliphatic carbocycles. The molecule has 0 saturated carbocycles. The first-order valence-electron chi connectivity index (χ1n) is 6.46. The van der Waals surface area contributed by atoms with E-state index in [1.807, 2.05) is 13.8 Å². The van der Waals surface area contributed by atoms with Crippen LogP contribution in [0.4, 0.5) is 4.39 Å².